The molecule has 0 radical (unpaired) electrons. The van der Waals surface area contributed by atoms with Gasteiger partial charge >= 0.3 is 11.9 Å². The summed E-state index contributed by atoms with van der Waals surface area (Å²) in [7, 11) is 0. The molecule has 2 saturated carbocycles. The van der Waals surface area contributed by atoms with Crippen molar-refractivity contribution in [2.75, 3.05) is 6.61 Å². The Hall–Kier alpha value is -2.28. The van der Waals surface area contributed by atoms with Crippen molar-refractivity contribution in [3.63, 3.8) is 0 Å². The van der Waals surface area contributed by atoms with E-state index in [2.05, 4.69) is 13.0 Å². The zero-order chi connectivity index (χ0) is 25.8. The third-order valence-electron chi connectivity index (χ3n) is 9.63. The first-order valence-corrected chi connectivity index (χ1v) is 12.9. The molecule has 4 rings (SSSR count). The molecule has 4 aliphatic carbocycles. The third kappa shape index (κ3) is 3.73. The van der Waals surface area contributed by atoms with Gasteiger partial charge in [-0.2, -0.15) is 0 Å². The van der Waals surface area contributed by atoms with Crippen LogP contribution in [0.5, 0.6) is 0 Å². The van der Waals surface area contributed by atoms with E-state index < -0.39 is 46.9 Å². The summed E-state index contributed by atoms with van der Waals surface area (Å²) >= 11 is 0. The van der Waals surface area contributed by atoms with E-state index in [4.69, 9.17) is 9.47 Å². The maximum absolute atomic E-state index is 13.8. The Kier molecular flexibility index (Phi) is 6.62. The molecule has 0 spiro atoms. The predicted molar refractivity (Wildman–Crippen MR) is 128 cm³/mol. The molecule has 0 saturated heterocycles. The summed E-state index contributed by atoms with van der Waals surface area (Å²) in [4.78, 5) is 50.4. The summed E-state index contributed by atoms with van der Waals surface area (Å²) in [5.41, 5.74) is -1.66. The number of aliphatic hydroxyl groups is 1. The summed E-state index contributed by atoms with van der Waals surface area (Å²) in [5, 5.41) is 11.7. The van der Waals surface area contributed by atoms with Crippen LogP contribution in [0.3, 0.4) is 0 Å². The molecule has 7 nitrogen and oxygen atoms in total. The number of esters is 2. The molecule has 35 heavy (non-hydrogen) atoms. The molecule has 0 aromatic rings. The number of ether oxygens (including phenoxy) is 2. The number of fused-ring (bicyclic) bond motifs is 5. The molecular weight excluding hydrogens is 448 g/mol. The minimum absolute atomic E-state index is 0.0158. The van der Waals surface area contributed by atoms with E-state index in [1.807, 2.05) is 19.9 Å². The van der Waals surface area contributed by atoms with Crippen LogP contribution in [0.4, 0.5) is 0 Å². The number of carbonyl (C=O) groups is 4. The SMILES string of the molecule is CCC(=O)OCC(=O)[C@@]1(OC(=O)CC)[C@H](C)C[C@H]2[C@@H]3CC=C4CC(=O)C=C[C@]4(C)[C@H]3[C@@H](O)C[C@@]21C. The van der Waals surface area contributed by atoms with Crippen LogP contribution in [0.15, 0.2) is 23.8 Å². The monoisotopic (exact) mass is 486 g/mol. The van der Waals surface area contributed by atoms with Gasteiger partial charge in [-0.25, -0.2) is 0 Å². The third-order valence-corrected chi connectivity index (χ3v) is 9.63. The predicted octanol–water partition coefficient (Wildman–Crippen LogP) is 3.73. The first-order chi connectivity index (χ1) is 16.4. The van der Waals surface area contributed by atoms with E-state index in [1.54, 1.807) is 19.9 Å². The van der Waals surface area contributed by atoms with Gasteiger partial charge in [0.25, 0.3) is 0 Å². The van der Waals surface area contributed by atoms with Crippen LogP contribution in [-0.4, -0.2) is 46.9 Å². The lowest BCUT2D eigenvalue weighted by Gasteiger charge is -2.59. The Bertz CT molecular complexity index is 995. The first kappa shape index (κ1) is 25.8. The Balaban J connectivity index is 1.76. The molecule has 0 bridgehead atoms. The quantitative estimate of drug-likeness (QED) is 0.450. The highest BCUT2D eigenvalue weighted by atomic mass is 16.6. The van der Waals surface area contributed by atoms with Crippen LogP contribution in [0.2, 0.25) is 0 Å². The second-order valence-electron chi connectivity index (χ2n) is 11.3. The van der Waals surface area contributed by atoms with Gasteiger partial charge in [-0.05, 0) is 37.2 Å². The largest absolute Gasteiger partial charge is 0.457 e. The van der Waals surface area contributed by atoms with Gasteiger partial charge in [0.05, 0.1) is 6.10 Å². The van der Waals surface area contributed by atoms with Gasteiger partial charge in [0.2, 0.25) is 5.78 Å². The van der Waals surface area contributed by atoms with E-state index in [0.717, 1.165) is 5.57 Å². The van der Waals surface area contributed by atoms with E-state index in [1.165, 1.54) is 0 Å². The fraction of sp³-hybridized carbons (Fsp3) is 0.714. The highest BCUT2D eigenvalue weighted by Crippen LogP contribution is 2.68. The molecule has 8 atom stereocenters. The topological polar surface area (TPSA) is 107 Å². The van der Waals surface area contributed by atoms with Gasteiger partial charge in [-0.3, -0.25) is 19.2 Å². The van der Waals surface area contributed by atoms with Crippen molar-refractivity contribution in [2.24, 2.45) is 34.5 Å². The van der Waals surface area contributed by atoms with E-state index >= 15 is 0 Å². The molecule has 7 heteroatoms. The summed E-state index contributed by atoms with van der Waals surface area (Å²) in [5.74, 6) is -1.61. The second-order valence-corrected chi connectivity index (χ2v) is 11.3. The fourth-order valence-corrected chi connectivity index (χ4v) is 8.03. The Labute approximate surface area is 207 Å². The van der Waals surface area contributed by atoms with Crippen LogP contribution in [0.1, 0.15) is 73.1 Å². The standard InChI is InChI=1S/C28H38O7/c1-6-23(32)34-15-22(31)28(35-24(33)7-2)16(3)12-20-19-9-8-17-13-18(29)10-11-26(17,4)25(19)21(30)14-27(20,28)5/h8,10-11,16,19-21,25,30H,6-7,9,12-15H2,1-5H3/t16-,19+,20+,21+,25-,26+,27+,28+/m1/s1. The minimum atomic E-state index is -1.48. The lowest BCUT2D eigenvalue weighted by molar-refractivity contribution is -0.205. The lowest BCUT2D eigenvalue weighted by atomic mass is 9.46. The van der Waals surface area contributed by atoms with Gasteiger partial charge in [0.1, 0.15) is 0 Å². The number of hydrogen-bond donors (Lipinski definition) is 1. The van der Waals surface area contributed by atoms with Crippen molar-refractivity contribution < 1.29 is 33.8 Å². The summed E-state index contributed by atoms with van der Waals surface area (Å²) in [6, 6.07) is 0. The van der Waals surface area contributed by atoms with E-state index in [9.17, 15) is 24.3 Å². The van der Waals surface area contributed by atoms with Crippen LogP contribution >= 0.6 is 0 Å². The van der Waals surface area contributed by atoms with Gasteiger partial charge < -0.3 is 14.6 Å². The molecule has 0 heterocycles. The zero-order valence-electron chi connectivity index (χ0n) is 21.5. The minimum Gasteiger partial charge on any atom is -0.457 e. The van der Waals surface area contributed by atoms with Crippen molar-refractivity contribution in [2.45, 2.75) is 84.8 Å². The average molecular weight is 487 g/mol. The Morgan fingerprint density at radius 2 is 1.83 bits per heavy atom. The van der Waals surface area contributed by atoms with Crippen LogP contribution in [-0.2, 0) is 28.7 Å². The zero-order valence-corrected chi connectivity index (χ0v) is 21.5. The number of hydrogen-bond acceptors (Lipinski definition) is 7. The van der Waals surface area contributed by atoms with Gasteiger partial charge in [0, 0.05) is 41.9 Å². The average Bonchev–Trinajstić information content (AvgIpc) is 3.04. The molecule has 0 aromatic heterocycles. The van der Waals surface area contributed by atoms with Crippen LogP contribution in [0, 0.1) is 34.5 Å². The summed E-state index contributed by atoms with van der Waals surface area (Å²) in [6.45, 7) is 8.89. The summed E-state index contributed by atoms with van der Waals surface area (Å²) in [6.07, 6.45) is 7.29. The van der Waals surface area contributed by atoms with Crippen LogP contribution in [0.25, 0.3) is 0 Å². The maximum atomic E-state index is 13.8. The van der Waals surface area contributed by atoms with Crippen molar-refractivity contribution in [1.29, 1.82) is 0 Å². The van der Waals surface area contributed by atoms with Crippen LogP contribution < -0.4 is 0 Å². The highest BCUT2D eigenvalue weighted by Gasteiger charge is 2.72. The maximum Gasteiger partial charge on any atom is 0.306 e. The number of rotatable bonds is 6. The van der Waals surface area contributed by atoms with Crippen molar-refractivity contribution in [3.8, 4) is 0 Å². The van der Waals surface area contributed by atoms with E-state index in [-0.39, 0.29) is 48.7 Å². The Morgan fingerprint density at radius 3 is 2.49 bits per heavy atom. The second kappa shape index (κ2) is 8.99. The van der Waals surface area contributed by atoms with Gasteiger partial charge in [0.15, 0.2) is 18.0 Å². The van der Waals surface area contributed by atoms with Gasteiger partial charge in [-0.15, -0.1) is 0 Å². The van der Waals surface area contributed by atoms with Crippen molar-refractivity contribution >= 4 is 23.5 Å². The Morgan fingerprint density at radius 1 is 1.14 bits per heavy atom. The lowest BCUT2D eigenvalue weighted by Crippen LogP contribution is -2.64. The molecular formula is C28H38O7. The number of carbonyl (C=O) groups excluding carboxylic acids is 4. The van der Waals surface area contributed by atoms with Crippen molar-refractivity contribution in [1.82, 2.24) is 0 Å². The molecule has 4 aliphatic rings. The normalized spacial score (nSPS) is 41.8. The number of ketones is 2. The highest BCUT2D eigenvalue weighted by molar-refractivity contribution is 5.94. The molecule has 192 valence electrons. The summed E-state index contributed by atoms with van der Waals surface area (Å²) < 4.78 is 11.3. The first-order valence-electron chi connectivity index (χ1n) is 12.9. The number of allylic oxidation sites excluding steroid dienone is 4. The fourth-order valence-electron chi connectivity index (χ4n) is 8.03. The molecule has 0 amide bonds. The molecule has 2 fully saturated rings. The molecule has 1 N–H and O–H groups in total. The van der Waals surface area contributed by atoms with E-state index in [0.29, 0.717) is 19.3 Å². The van der Waals surface area contributed by atoms with Crippen molar-refractivity contribution in [3.05, 3.63) is 23.8 Å². The number of aliphatic hydroxyl groups excluding tert-OH is 1. The van der Waals surface area contributed by atoms with Gasteiger partial charge in [-0.1, -0.05) is 52.3 Å². The molecule has 0 unspecified atom stereocenters. The molecule has 0 aromatic carbocycles. The number of Topliss-reactive ketones (excluding diaryl/α,β-unsaturated/α-hetero) is 1. The smallest absolute Gasteiger partial charge is 0.306 e. The molecule has 0 aliphatic heterocycles.